The molecule has 0 atom stereocenters. The smallest absolute Gasteiger partial charge is 0.418 e. The Morgan fingerprint density at radius 2 is 1.77 bits per heavy atom. The molecule has 0 aliphatic rings. The maximum Gasteiger partial charge on any atom is 0.418 e. The first-order valence-corrected chi connectivity index (χ1v) is 8.71. The highest BCUT2D eigenvalue weighted by molar-refractivity contribution is 5.92. The van der Waals surface area contributed by atoms with Crippen molar-refractivity contribution in [3.63, 3.8) is 0 Å². The average molecular weight is 432 g/mol. The van der Waals surface area contributed by atoms with Gasteiger partial charge >= 0.3 is 12.1 Å². The second-order valence-electron chi connectivity index (χ2n) is 6.37. The highest BCUT2D eigenvalue weighted by Crippen LogP contribution is 2.40. The Morgan fingerprint density at radius 1 is 1.17 bits per heavy atom. The Hall–Kier alpha value is -3.04. The Morgan fingerprint density at radius 3 is 2.30 bits per heavy atom. The number of benzene rings is 2. The largest absolute Gasteiger partial charge is 0.457 e. The van der Waals surface area contributed by atoms with Crippen LogP contribution in [-0.2, 0) is 17.5 Å². The summed E-state index contributed by atoms with van der Waals surface area (Å²) in [5, 5.41) is 0. The zero-order chi connectivity index (χ0) is 22.6. The van der Waals surface area contributed by atoms with Crippen LogP contribution in [0.25, 0.3) is 0 Å². The maximum absolute atomic E-state index is 13.7. The fourth-order valence-electron chi connectivity index (χ4n) is 2.55. The molecule has 0 saturated carbocycles. The molecule has 0 heterocycles. The van der Waals surface area contributed by atoms with E-state index in [1.807, 2.05) is 0 Å². The number of esters is 1. The van der Waals surface area contributed by atoms with Gasteiger partial charge in [-0.15, -0.1) is 0 Å². The van der Waals surface area contributed by atoms with Gasteiger partial charge in [0.25, 0.3) is 0 Å². The average Bonchev–Trinajstić information content (AvgIpc) is 2.63. The summed E-state index contributed by atoms with van der Waals surface area (Å²) in [5.41, 5.74) is -3.12. The van der Waals surface area contributed by atoms with Gasteiger partial charge in [0.15, 0.2) is 0 Å². The van der Waals surface area contributed by atoms with Crippen molar-refractivity contribution in [2.45, 2.75) is 26.6 Å². The molecule has 4 nitrogen and oxygen atoms in total. The zero-order valence-electron chi connectivity index (χ0n) is 16.3. The van der Waals surface area contributed by atoms with Gasteiger partial charge in [-0.05, 0) is 31.5 Å². The molecule has 30 heavy (non-hydrogen) atoms. The van der Waals surface area contributed by atoms with Crippen molar-refractivity contribution in [1.82, 2.24) is 4.90 Å². The lowest BCUT2D eigenvalue weighted by Gasteiger charge is -2.17. The topological polar surface area (TPSA) is 41.9 Å². The normalized spacial score (nSPS) is 11.8. The second kappa shape index (κ2) is 9.19. The minimum Gasteiger partial charge on any atom is -0.457 e. The van der Waals surface area contributed by atoms with Crippen LogP contribution in [0.1, 0.15) is 34.0 Å². The molecule has 0 aliphatic heterocycles. The van der Waals surface area contributed by atoms with Crippen LogP contribution < -0.4 is 0 Å². The Labute approximate surface area is 168 Å². The number of nitrogens with zero attached hydrogens (tertiary/aromatic N) is 2. The van der Waals surface area contributed by atoms with Crippen molar-refractivity contribution in [2.75, 3.05) is 13.6 Å². The summed E-state index contributed by atoms with van der Waals surface area (Å²) in [5.74, 6) is -4.94. The van der Waals surface area contributed by atoms with Gasteiger partial charge in [0.05, 0.1) is 28.7 Å². The SMILES string of the molecule is CCN(C)C=Nc1ccc(C(=O)OCc2c(F)cc(F)cc2F)c(C)c1C(F)(F)F. The van der Waals surface area contributed by atoms with E-state index in [0.29, 0.717) is 18.7 Å². The van der Waals surface area contributed by atoms with Crippen LogP contribution in [-0.4, -0.2) is 30.8 Å². The van der Waals surface area contributed by atoms with Gasteiger partial charge in [-0.3, -0.25) is 0 Å². The number of halogens is 6. The van der Waals surface area contributed by atoms with Gasteiger partial charge in [0.1, 0.15) is 24.1 Å². The number of hydrogen-bond acceptors (Lipinski definition) is 3. The molecular weight excluding hydrogens is 414 g/mol. The number of aliphatic imine (C=N–C) groups is 1. The molecule has 0 bridgehead atoms. The van der Waals surface area contributed by atoms with Crippen LogP contribution in [0.4, 0.5) is 32.0 Å². The molecule has 0 amide bonds. The number of ether oxygens (including phenoxy) is 1. The lowest BCUT2D eigenvalue weighted by molar-refractivity contribution is -0.137. The summed E-state index contributed by atoms with van der Waals surface area (Å²) in [6, 6.07) is 2.90. The van der Waals surface area contributed by atoms with E-state index in [1.54, 1.807) is 18.9 Å². The number of alkyl halides is 3. The highest BCUT2D eigenvalue weighted by atomic mass is 19.4. The van der Waals surface area contributed by atoms with Crippen molar-refractivity contribution in [3.05, 3.63) is 64.0 Å². The van der Waals surface area contributed by atoms with Crippen LogP contribution in [0, 0.1) is 24.4 Å². The third-order valence-corrected chi connectivity index (χ3v) is 4.29. The number of hydrogen-bond donors (Lipinski definition) is 0. The minimum absolute atomic E-state index is 0.396. The summed E-state index contributed by atoms with van der Waals surface area (Å²) in [7, 11) is 1.63. The van der Waals surface area contributed by atoms with Crippen molar-refractivity contribution in [3.8, 4) is 0 Å². The molecule has 0 unspecified atom stereocenters. The second-order valence-corrected chi connectivity index (χ2v) is 6.37. The summed E-state index contributed by atoms with van der Waals surface area (Å²) >= 11 is 0. The van der Waals surface area contributed by atoms with Gasteiger partial charge in [-0.1, -0.05) is 0 Å². The predicted octanol–water partition coefficient (Wildman–Crippen LogP) is 5.40. The summed E-state index contributed by atoms with van der Waals surface area (Å²) in [4.78, 5) is 17.7. The van der Waals surface area contributed by atoms with E-state index in [2.05, 4.69) is 4.99 Å². The molecule has 162 valence electrons. The van der Waals surface area contributed by atoms with E-state index in [1.165, 1.54) is 6.34 Å². The molecule has 0 saturated heterocycles. The Balaban J connectivity index is 2.35. The van der Waals surface area contributed by atoms with Crippen molar-refractivity contribution < 1.29 is 35.9 Å². The first-order valence-electron chi connectivity index (χ1n) is 8.71. The van der Waals surface area contributed by atoms with Gasteiger partial charge in [0, 0.05) is 25.7 Å². The standard InChI is InChI=1S/C20H18F6N2O2/c1-4-28(3)10-27-17-6-5-13(11(2)18(17)20(24,25)26)19(29)30-9-14-15(22)7-12(21)8-16(14)23/h5-8,10H,4,9H2,1-3H3. The summed E-state index contributed by atoms with van der Waals surface area (Å²) in [6.45, 7) is 2.46. The first kappa shape index (κ1) is 23.2. The van der Waals surface area contributed by atoms with Crippen LogP contribution >= 0.6 is 0 Å². The fourth-order valence-corrected chi connectivity index (χ4v) is 2.55. The van der Waals surface area contributed by atoms with E-state index in [0.717, 1.165) is 19.1 Å². The summed E-state index contributed by atoms with van der Waals surface area (Å²) in [6.07, 6.45) is -3.59. The lowest BCUT2D eigenvalue weighted by atomic mass is 10.00. The Kier molecular flexibility index (Phi) is 7.12. The highest BCUT2D eigenvalue weighted by Gasteiger charge is 2.37. The first-order chi connectivity index (χ1) is 14.0. The van der Waals surface area contributed by atoms with E-state index in [-0.39, 0.29) is 0 Å². The van der Waals surface area contributed by atoms with Gasteiger partial charge in [0.2, 0.25) is 0 Å². The molecule has 10 heteroatoms. The molecule has 0 spiro atoms. The molecule has 2 rings (SSSR count). The molecular formula is C20H18F6N2O2. The van der Waals surface area contributed by atoms with E-state index < -0.39 is 64.1 Å². The third kappa shape index (κ3) is 5.31. The van der Waals surface area contributed by atoms with E-state index in [9.17, 15) is 31.1 Å². The molecule has 2 aromatic rings. The number of carbonyl (C=O) groups is 1. The fraction of sp³-hybridized carbons (Fsp3) is 0.300. The van der Waals surface area contributed by atoms with Crippen LogP contribution in [0.5, 0.6) is 0 Å². The molecule has 0 fully saturated rings. The molecule has 0 N–H and O–H groups in total. The van der Waals surface area contributed by atoms with E-state index in [4.69, 9.17) is 4.74 Å². The Bertz CT molecular complexity index is 949. The van der Waals surface area contributed by atoms with Gasteiger partial charge < -0.3 is 9.64 Å². The van der Waals surface area contributed by atoms with Crippen molar-refractivity contribution >= 4 is 18.0 Å². The summed E-state index contributed by atoms with van der Waals surface area (Å²) < 4.78 is 85.8. The molecule has 0 radical (unpaired) electrons. The number of rotatable bonds is 6. The monoisotopic (exact) mass is 432 g/mol. The third-order valence-electron chi connectivity index (χ3n) is 4.29. The van der Waals surface area contributed by atoms with Crippen LogP contribution in [0.15, 0.2) is 29.3 Å². The van der Waals surface area contributed by atoms with Crippen LogP contribution in [0.3, 0.4) is 0 Å². The predicted molar refractivity (Wildman–Crippen MR) is 98.1 cm³/mol. The quantitative estimate of drug-likeness (QED) is 0.266. The molecule has 2 aromatic carbocycles. The van der Waals surface area contributed by atoms with Crippen molar-refractivity contribution in [1.29, 1.82) is 0 Å². The minimum atomic E-state index is -4.81. The van der Waals surface area contributed by atoms with Gasteiger partial charge in [-0.2, -0.15) is 13.2 Å². The van der Waals surface area contributed by atoms with Crippen molar-refractivity contribution in [2.24, 2.45) is 4.99 Å². The maximum atomic E-state index is 13.7. The number of carbonyl (C=O) groups excluding carboxylic acids is 1. The zero-order valence-corrected chi connectivity index (χ0v) is 16.3. The van der Waals surface area contributed by atoms with E-state index >= 15 is 0 Å². The molecule has 0 aliphatic carbocycles. The van der Waals surface area contributed by atoms with Gasteiger partial charge in [-0.25, -0.2) is 23.0 Å². The van der Waals surface area contributed by atoms with Crippen LogP contribution in [0.2, 0.25) is 0 Å². The molecule has 0 aromatic heterocycles. The lowest BCUT2D eigenvalue weighted by Crippen LogP contribution is -2.16.